The Labute approximate surface area is 527 Å². The summed E-state index contributed by atoms with van der Waals surface area (Å²) in [5, 5.41) is 0. The van der Waals surface area contributed by atoms with Crippen LogP contribution in [0.25, 0.3) is 0 Å². The van der Waals surface area contributed by atoms with Crippen molar-refractivity contribution >= 4 is 19.8 Å². The van der Waals surface area contributed by atoms with E-state index in [-0.39, 0.29) is 32.0 Å². The fourth-order valence-corrected chi connectivity index (χ4v) is 11.2. The van der Waals surface area contributed by atoms with Crippen molar-refractivity contribution in [1.82, 2.24) is 0 Å². The van der Waals surface area contributed by atoms with Crippen LogP contribution in [-0.4, -0.2) is 70.0 Å². The lowest BCUT2D eigenvalue weighted by molar-refractivity contribution is -0.870. The van der Waals surface area contributed by atoms with Gasteiger partial charge in [-0.3, -0.25) is 14.2 Å². The van der Waals surface area contributed by atoms with Crippen LogP contribution < -0.4 is 4.89 Å². The average molecular weight is 1210 g/mol. The van der Waals surface area contributed by atoms with Crippen LogP contribution in [0.2, 0.25) is 0 Å². The maximum Gasteiger partial charge on any atom is 0.306 e. The molecule has 0 N–H and O–H groups in total. The number of ether oxygens (including phenoxy) is 2. The molecule has 0 amide bonds. The lowest BCUT2D eigenvalue weighted by Crippen LogP contribution is -2.37. The van der Waals surface area contributed by atoms with Crippen molar-refractivity contribution in [1.29, 1.82) is 0 Å². The molecule has 0 aromatic rings. The number of quaternary nitrogens is 1. The van der Waals surface area contributed by atoms with Crippen molar-refractivity contribution in [3.05, 3.63) is 72.9 Å². The normalized spacial score (nSPS) is 13.5. The largest absolute Gasteiger partial charge is 0.756 e. The Bertz CT molecular complexity index is 1660. The molecule has 0 aliphatic heterocycles. The van der Waals surface area contributed by atoms with Gasteiger partial charge in [0.15, 0.2) is 6.10 Å². The fraction of sp³-hybridized carbons (Fsp3) is 0.813. The van der Waals surface area contributed by atoms with E-state index in [9.17, 15) is 19.0 Å². The Morgan fingerprint density at radius 1 is 0.376 bits per heavy atom. The summed E-state index contributed by atoms with van der Waals surface area (Å²) in [6, 6.07) is 0. The van der Waals surface area contributed by atoms with Crippen molar-refractivity contribution < 1.29 is 42.1 Å². The molecule has 0 aromatic carbocycles. The van der Waals surface area contributed by atoms with E-state index < -0.39 is 26.5 Å². The number of rotatable bonds is 67. The van der Waals surface area contributed by atoms with Crippen molar-refractivity contribution in [2.24, 2.45) is 0 Å². The predicted molar refractivity (Wildman–Crippen MR) is 365 cm³/mol. The number of esters is 2. The van der Waals surface area contributed by atoms with E-state index in [1.807, 2.05) is 21.1 Å². The second kappa shape index (κ2) is 65.9. The monoisotopic (exact) mass is 1210 g/mol. The van der Waals surface area contributed by atoms with E-state index in [1.165, 1.54) is 231 Å². The van der Waals surface area contributed by atoms with Gasteiger partial charge < -0.3 is 27.9 Å². The maximum absolute atomic E-state index is 12.9. The first-order chi connectivity index (χ1) is 41.5. The second-order valence-corrected chi connectivity index (χ2v) is 27.0. The van der Waals surface area contributed by atoms with Gasteiger partial charge >= 0.3 is 11.9 Å². The van der Waals surface area contributed by atoms with Crippen molar-refractivity contribution in [2.45, 2.75) is 347 Å². The molecule has 0 bridgehead atoms. The standard InChI is InChI=1S/C75H138NO8P/c1-6-8-10-12-14-16-18-20-22-24-26-28-30-32-33-34-35-36-37-38-39-40-41-42-43-44-46-48-50-52-54-56-58-60-62-64-66-68-75(78)84-73(72-83-85(79,80)82-70-69-76(3,4)5)71-81-74(77)67-65-63-61-59-57-55-53-51-49-47-45-31-29-27-25-23-21-19-17-15-13-11-9-7-2/h8,10,14,16,20,22,26,28,32-33,35-36,73H,6-7,9,11-13,15,17-19,21,23-25,27,29-31,34,37-72H2,1-5H3/b10-8-,16-14-,22-20-,28-26-,33-32-,36-35-. The zero-order chi connectivity index (χ0) is 61.9. The Hall–Kier alpha value is -2.55. The molecule has 2 unspecified atom stereocenters. The highest BCUT2D eigenvalue weighted by Gasteiger charge is 2.22. The van der Waals surface area contributed by atoms with Crippen LogP contribution in [0.4, 0.5) is 0 Å². The summed E-state index contributed by atoms with van der Waals surface area (Å²) >= 11 is 0. The molecule has 10 heteroatoms. The second-order valence-electron chi connectivity index (χ2n) is 25.6. The van der Waals surface area contributed by atoms with Crippen molar-refractivity contribution in [2.75, 3.05) is 47.5 Å². The first-order valence-corrected chi connectivity index (χ1v) is 37.6. The molecule has 0 fully saturated rings. The Balaban J connectivity index is 3.98. The van der Waals surface area contributed by atoms with Gasteiger partial charge in [-0.2, -0.15) is 0 Å². The SMILES string of the molecule is CC/C=C\C/C=C\C/C=C\C/C=C\C/C=C\C/C=C\CCCCCCCCCCCCCCCCCCCCC(=O)OC(COC(=O)CCCCCCCCCCCCCCCCCCCCCCCCCC)COP(=O)([O-])OCC[N+](C)(C)C. The molecule has 0 rings (SSSR count). The molecule has 0 aliphatic carbocycles. The smallest absolute Gasteiger partial charge is 0.306 e. The summed E-state index contributed by atoms with van der Waals surface area (Å²) in [7, 11) is 1.18. The highest BCUT2D eigenvalue weighted by Crippen LogP contribution is 2.38. The zero-order valence-electron chi connectivity index (χ0n) is 56.6. The fourth-order valence-electron chi connectivity index (χ4n) is 10.5. The lowest BCUT2D eigenvalue weighted by atomic mass is 10.0. The Kier molecular flexibility index (Phi) is 63.9. The van der Waals surface area contributed by atoms with Gasteiger partial charge in [-0.05, 0) is 64.2 Å². The third-order valence-electron chi connectivity index (χ3n) is 16.0. The summed E-state index contributed by atoms with van der Waals surface area (Å²) < 4.78 is 34.3. The first kappa shape index (κ1) is 82.5. The maximum atomic E-state index is 12.9. The van der Waals surface area contributed by atoms with Crippen molar-refractivity contribution in [3.63, 3.8) is 0 Å². The van der Waals surface area contributed by atoms with Crippen LogP contribution in [0.3, 0.4) is 0 Å². The quantitative estimate of drug-likeness (QED) is 0.0195. The molecule has 9 nitrogen and oxygen atoms in total. The topological polar surface area (TPSA) is 111 Å². The van der Waals surface area contributed by atoms with Crippen molar-refractivity contribution in [3.8, 4) is 0 Å². The van der Waals surface area contributed by atoms with Gasteiger partial charge in [0.2, 0.25) is 0 Å². The number of carbonyl (C=O) groups excluding carboxylic acids is 2. The molecule has 0 saturated carbocycles. The minimum Gasteiger partial charge on any atom is -0.756 e. The summed E-state index contributed by atoms with van der Waals surface area (Å²) in [6.45, 7) is 4.19. The van der Waals surface area contributed by atoms with E-state index >= 15 is 0 Å². The third kappa shape index (κ3) is 70.4. The number of hydrogen-bond donors (Lipinski definition) is 0. The molecule has 0 aliphatic rings. The van der Waals surface area contributed by atoms with E-state index in [4.69, 9.17) is 18.5 Å². The Morgan fingerprint density at radius 3 is 1.00 bits per heavy atom. The highest BCUT2D eigenvalue weighted by atomic mass is 31.2. The van der Waals surface area contributed by atoms with E-state index in [2.05, 4.69) is 86.8 Å². The van der Waals surface area contributed by atoms with Gasteiger partial charge in [0.1, 0.15) is 19.8 Å². The Morgan fingerprint density at radius 2 is 0.671 bits per heavy atom. The summed E-state index contributed by atoms with van der Waals surface area (Å²) in [4.78, 5) is 38.1. The van der Waals surface area contributed by atoms with Gasteiger partial charge in [0, 0.05) is 12.8 Å². The van der Waals surface area contributed by atoms with Gasteiger partial charge in [-0.15, -0.1) is 0 Å². The van der Waals surface area contributed by atoms with Gasteiger partial charge in [-0.25, -0.2) is 0 Å². The number of phosphoric acid groups is 1. The molecule has 0 saturated heterocycles. The highest BCUT2D eigenvalue weighted by molar-refractivity contribution is 7.45. The molecule has 2 atom stereocenters. The number of carbonyl (C=O) groups is 2. The first-order valence-electron chi connectivity index (χ1n) is 36.1. The number of phosphoric ester groups is 1. The molecule has 85 heavy (non-hydrogen) atoms. The van der Waals surface area contributed by atoms with E-state index in [0.717, 1.165) is 77.0 Å². The number of allylic oxidation sites excluding steroid dienone is 12. The van der Waals surface area contributed by atoms with Crippen LogP contribution in [-0.2, 0) is 32.7 Å². The zero-order valence-corrected chi connectivity index (χ0v) is 57.5. The number of unbranched alkanes of at least 4 members (excludes halogenated alkanes) is 41. The lowest BCUT2D eigenvalue weighted by Gasteiger charge is -2.28. The molecular weight excluding hydrogens is 1070 g/mol. The number of likely N-dealkylation sites (N-methyl/N-ethyl adjacent to an activating group) is 1. The summed E-state index contributed by atoms with van der Waals surface area (Å²) in [6.07, 6.45) is 88.5. The summed E-state index contributed by atoms with van der Waals surface area (Å²) in [5.74, 6) is -0.815. The van der Waals surface area contributed by atoms with E-state index in [1.54, 1.807) is 0 Å². The minimum absolute atomic E-state index is 0.0294. The van der Waals surface area contributed by atoms with E-state index in [0.29, 0.717) is 17.4 Å². The molecular formula is C75H138NO8P. The van der Waals surface area contributed by atoms with Gasteiger partial charge in [-0.1, -0.05) is 337 Å². The van der Waals surface area contributed by atoms with Gasteiger partial charge in [0.25, 0.3) is 7.82 Å². The minimum atomic E-state index is -4.64. The van der Waals surface area contributed by atoms with Crippen LogP contribution >= 0.6 is 7.82 Å². The predicted octanol–water partition coefficient (Wildman–Crippen LogP) is 22.9. The molecule has 0 aromatic heterocycles. The van der Waals surface area contributed by atoms with Crippen LogP contribution in [0.1, 0.15) is 341 Å². The number of nitrogens with zero attached hydrogens (tertiary/aromatic N) is 1. The molecule has 0 heterocycles. The molecule has 0 spiro atoms. The van der Waals surface area contributed by atoms with Crippen LogP contribution in [0, 0.1) is 0 Å². The van der Waals surface area contributed by atoms with Gasteiger partial charge in [0.05, 0.1) is 27.7 Å². The summed E-state index contributed by atoms with van der Waals surface area (Å²) in [5.41, 5.74) is 0. The number of hydrogen-bond acceptors (Lipinski definition) is 8. The molecule has 0 radical (unpaired) electrons. The third-order valence-corrected chi connectivity index (χ3v) is 17.0. The average Bonchev–Trinajstić information content (AvgIpc) is 3.50. The van der Waals surface area contributed by atoms with Crippen LogP contribution in [0.5, 0.6) is 0 Å². The molecule has 496 valence electrons. The van der Waals surface area contributed by atoms with Crippen LogP contribution in [0.15, 0.2) is 72.9 Å².